The normalized spacial score (nSPS) is 10.3. The number of carbonyl (C=O) groups is 2. The second-order valence-electron chi connectivity index (χ2n) is 5.53. The molecule has 0 atom stereocenters. The number of pyridine rings is 1. The molecule has 0 radical (unpaired) electrons. The lowest BCUT2D eigenvalue weighted by Gasteiger charge is -2.08. The van der Waals surface area contributed by atoms with Gasteiger partial charge in [-0.1, -0.05) is 6.07 Å². The van der Waals surface area contributed by atoms with Crippen molar-refractivity contribution < 1.29 is 18.7 Å². The van der Waals surface area contributed by atoms with Crippen LogP contribution >= 0.6 is 11.3 Å². The van der Waals surface area contributed by atoms with Gasteiger partial charge in [0.2, 0.25) is 11.8 Å². The molecule has 3 aromatic rings. The van der Waals surface area contributed by atoms with Crippen molar-refractivity contribution in [2.45, 2.75) is 6.54 Å². The zero-order chi connectivity index (χ0) is 19.1. The maximum atomic E-state index is 12.9. The molecule has 0 fully saturated rings. The van der Waals surface area contributed by atoms with Crippen LogP contribution in [0.3, 0.4) is 0 Å². The first kappa shape index (κ1) is 18.5. The Morgan fingerprint density at radius 2 is 1.89 bits per heavy atom. The van der Waals surface area contributed by atoms with Crippen LogP contribution in [0.4, 0.5) is 4.39 Å². The maximum absolute atomic E-state index is 12.9. The molecule has 0 aliphatic heterocycles. The maximum Gasteiger partial charge on any atom is 0.252 e. The Morgan fingerprint density at radius 1 is 1.07 bits per heavy atom. The first-order valence-electron chi connectivity index (χ1n) is 8.05. The standard InChI is InChI=1S/C19H16FN3O3S/c20-15-2-4-16(5-3-15)26-18-6-1-13(10-22-18)9-21-17(24)11-23-19(25)14-7-8-27-12-14/h1-8,10,12H,9,11H2,(H,21,24)(H,23,25). The summed E-state index contributed by atoms with van der Waals surface area (Å²) in [5, 5.41) is 8.77. The van der Waals surface area contributed by atoms with Crippen molar-refractivity contribution >= 4 is 23.2 Å². The van der Waals surface area contributed by atoms with Gasteiger partial charge in [-0.05, 0) is 41.3 Å². The molecule has 2 heterocycles. The zero-order valence-corrected chi connectivity index (χ0v) is 15.0. The summed E-state index contributed by atoms with van der Waals surface area (Å²) in [5.74, 6) is -0.0838. The Labute approximate surface area is 159 Å². The number of amides is 2. The number of nitrogens with one attached hydrogen (secondary N) is 2. The van der Waals surface area contributed by atoms with Gasteiger partial charge in [0.05, 0.1) is 6.54 Å². The highest BCUT2D eigenvalue weighted by Gasteiger charge is 2.08. The molecule has 2 N–H and O–H groups in total. The van der Waals surface area contributed by atoms with Gasteiger partial charge in [0.15, 0.2) is 0 Å². The highest BCUT2D eigenvalue weighted by Crippen LogP contribution is 2.19. The van der Waals surface area contributed by atoms with Crippen molar-refractivity contribution in [3.63, 3.8) is 0 Å². The Bertz CT molecular complexity index is 897. The van der Waals surface area contributed by atoms with Crippen molar-refractivity contribution in [1.29, 1.82) is 0 Å². The van der Waals surface area contributed by atoms with E-state index < -0.39 is 0 Å². The van der Waals surface area contributed by atoms with E-state index in [0.717, 1.165) is 5.56 Å². The molecule has 8 heteroatoms. The SMILES string of the molecule is O=C(CNC(=O)c1ccsc1)NCc1ccc(Oc2ccc(F)cc2)nc1. The third kappa shape index (κ3) is 5.61. The molecule has 0 spiro atoms. The summed E-state index contributed by atoms with van der Waals surface area (Å²) < 4.78 is 18.4. The van der Waals surface area contributed by atoms with Crippen LogP contribution in [0.15, 0.2) is 59.4 Å². The van der Waals surface area contributed by atoms with Crippen LogP contribution in [0.1, 0.15) is 15.9 Å². The predicted molar refractivity (Wildman–Crippen MR) is 99.2 cm³/mol. The van der Waals surface area contributed by atoms with Crippen LogP contribution in [0.2, 0.25) is 0 Å². The molecule has 2 aromatic heterocycles. The Balaban J connectivity index is 1.43. The quantitative estimate of drug-likeness (QED) is 0.655. The number of ether oxygens (including phenoxy) is 1. The summed E-state index contributed by atoms with van der Waals surface area (Å²) in [6.07, 6.45) is 1.57. The van der Waals surface area contributed by atoms with E-state index >= 15 is 0 Å². The van der Waals surface area contributed by atoms with Crippen LogP contribution in [0.25, 0.3) is 0 Å². The Morgan fingerprint density at radius 3 is 2.56 bits per heavy atom. The second kappa shape index (κ2) is 8.91. The molecule has 2 amide bonds. The summed E-state index contributed by atoms with van der Waals surface area (Å²) in [6.45, 7) is 0.171. The van der Waals surface area contributed by atoms with Gasteiger partial charge in [-0.15, -0.1) is 0 Å². The lowest BCUT2D eigenvalue weighted by Crippen LogP contribution is -2.36. The summed E-state index contributed by atoms with van der Waals surface area (Å²) in [7, 11) is 0. The third-order valence-corrected chi connectivity index (χ3v) is 4.20. The molecule has 138 valence electrons. The monoisotopic (exact) mass is 385 g/mol. The van der Waals surface area contributed by atoms with Crippen LogP contribution in [0, 0.1) is 5.82 Å². The van der Waals surface area contributed by atoms with E-state index in [4.69, 9.17) is 4.74 Å². The molecule has 27 heavy (non-hydrogen) atoms. The number of hydrogen-bond acceptors (Lipinski definition) is 5. The fraction of sp³-hybridized carbons (Fsp3) is 0.105. The van der Waals surface area contributed by atoms with Gasteiger partial charge in [-0.3, -0.25) is 9.59 Å². The van der Waals surface area contributed by atoms with E-state index in [1.165, 1.54) is 35.6 Å². The summed E-state index contributed by atoms with van der Waals surface area (Å²) >= 11 is 1.42. The van der Waals surface area contributed by atoms with Gasteiger partial charge in [-0.25, -0.2) is 9.37 Å². The van der Waals surface area contributed by atoms with Gasteiger partial charge < -0.3 is 15.4 Å². The van der Waals surface area contributed by atoms with Gasteiger partial charge in [0, 0.05) is 29.8 Å². The van der Waals surface area contributed by atoms with Crippen LogP contribution < -0.4 is 15.4 Å². The third-order valence-electron chi connectivity index (χ3n) is 3.52. The average molecular weight is 385 g/mol. The number of thiophene rings is 1. The molecule has 0 aliphatic rings. The first-order chi connectivity index (χ1) is 13.1. The minimum absolute atomic E-state index is 0.103. The van der Waals surface area contributed by atoms with Gasteiger partial charge in [0.1, 0.15) is 11.6 Å². The van der Waals surface area contributed by atoms with Crippen molar-refractivity contribution in [2.75, 3.05) is 6.54 Å². The zero-order valence-electron chi connectivity index (χ0n) is 14.1. The first-order valence-corrected chi connectivity index (χ1v) is 9.00. The number of hydrogen-bond donors (Lipinski definition) is 2. The minimum atomic E-state index is -0.340. The van der Waals surface area contributed by atoms with Crippen LogP contribution in [0.5, 0.6) is 11.6 Å². The van der Waals surface area contributed by atoms with Crippen molar-refractivity contribution in [2.24, 2.45) is 0 Å². The van der Waals surface area contributed by atoms with E-state index in [2.05, 4.69) is 15.6 Å². The van der Waals surface area contributed by atoms with Crippen molar-refractivity contribution in [3.8, 4) is 11.6 Å². The number of rotatable bonds is 7. The highest BCUT2D eigenvalue weighted by molar-refractivity contribution is 7.08. The number of carbonyl (C=O) groups excluding carboxylic acids is 2. The lowest BCUT2D eigenvalue weighted by molar-refractivity contribution is -0.120. The highest BCUT2D eigenvalue weighted by atomic mass is 32.1. The number of aromatic nitrogens is 1. The smallest absolute Gasteiger partial charge is 0.252 e. The molecule has 0 unspecified atom stereocenters. The summed E-state index contributed by atoms with van der Waals surface area (Å²) in [4.78, 5) is 27.7. The molecule has 0 bridgehead atoms. The Kier molecular flexibility index (Phi) is 6.11. The number of halogens is 1. The van der Waals surface area contributed by atoms with Crippen LogP contribution in [-0.4, -0.2) is 23.3 Å². The van der Waals surface area contributed by atoms with Crippen LogP contribution in [-0.2, 0) is 11.3 Å². The fourth-order valence-electron chi connectivity index (χ4n) is 2.12. The summed E-state index contributed by atoms with van der Waals surface area (Å²) in [5.41, 5.74) is 1.31. The van der Waals surface area contributed by atoms with Crippen molar-refractivity contribution in [1.82, 2.24) is 15.6 Å². The fourth-order valence-corrected chi connectivity index (χ4v) is 2.75. The number of nitrogens with zero attached hydrogens (tertiary/aromatic N) is 1. The second-order valence-corrected chi connectivity index (χ2v) is 6.31. The molecular formula is C19H16FN3O3S. The topological polar surface area (TPSA) is 80.3 Å². The average Bonchev–Trinajstić information content (AvgIpc) is 3.22. The molecule has 0 saturated carbocycles. The van der Waals surface area contributed by atoms with Gasteiger partial charge in [0.25, 0.3) is 5.91 Å². The van der Waals surface area contributed by atoms with E-state index in [1.807, 2.05) is 0 Å². The molecule has 3 rings (SSSR count). The molecule has 1 aromatic carbocycles. The minimum Gasteiger partial charge on any atom is -0.439 e. The van der Waals surface area contributed by atoms with E-state index in [-0.39, 0.29) is 30.7 Å². The molecule has 6 nitrogen and oxygen atoms in total. The van der Waals surface area contributed by atoms with Gasteiger partial charge >= 0.3 is 0 Å². The Hall–Kier alpha value is -3.26. The van der Waals surface area contributed by atoms with E-state index in [0.29, 0.717) is 17.2 Å². The predicted octanol–water partition coefficient (Wildman–Crippen LogP) is 3.12. The van der Waals surface area contributed by atoms with Crippen molar-refractivity contribution in [3.05, 3.63) is 76.4 Å². The van der Waals surface area contributed by atoms with Gasteiger partial charge in [-0.2, -0.15) is 11.3 Å². The summed E-state index contributed by atoms with van der Waals surface area (Å²) in [6, 6.07) is 10.7. The largest absolute Gasteiger partial charge is 0.439 e. The molecule has 0 aliphatic carbocycles. The molecular weight excluding hydrogens is 369 g/mol. The lowest BCUT2D eigenvalue weighted by atomic mass is 10.3. The van der Waals surface area contributed by atoms with E-state index in [9.17, 15) is 14.0 Å². The molecule has 0 saturated heterocycles. The number of benzene rings is 1. The van der Waals surface area contributed by atoms with E-state index in [1.54, 1.807) is 35.2 Å².